The average molecular weight is 467 g/mol. The fourth-order valence-electron chi connectivity index (χ4n) is 3.26. The number of benzene rings is 1. The number of pyridine rings is 1. The molecule has 5 rings (SSSR count). The Bertz CT molecular complexity index is 1440. The molecule has 154 valence electrons. The smallest absolute Gasteiger partial charge is 0.260 e. The van der Waals surface area contributed by atoms with Gasteiger partial charge in [-0.05, 0) is 18.2 Å². The lowest BCUT2D eigenvalue weighted by atomic mass is 10.1. The van der Waals surface area contributed by atoms with Gasteiger partial charge in [-0.25, -0.2) is 4.98 Å². The number of fused-ring (bicyclic) bond motifs is 1. The van der Waals surface area contributed by atoms with E-state index in [0.29, 0.717) is 26.8 Å². The summed E-state index contributed by atoms with van der Waals surface area (Å²) in [5, 5.41) is 12.3. The van der Waals surface area contributed by atoms with Gasteiger partial charge in [-0.1, -0.05) is 41.6 Å². The maximum atomic E-state index is 12.9. The number of nitrogens with one attached hydrogen (secondary N) is 1. The summed E-state index contributed by atoms with van der Waals surface area (Å²) in [6.45, 7) is 0. The van der Waals surface area contributed by atoms with Crippen LogP contribution in [0.4, 0.5) is 0 Å². The normalized spacial score (nSPS) is 11.3. The minimum absolute atomic E-state index is 0.175. The lowest BCUT2D eigenvalue weighted by Crippen LogP contribution is -2.11. The maximum absolute atomic E-state index is 12.9. The number of halogens is 1. The summed E-state index contributed by atoms with van der Waals surface area (Å²) in [5.74, 6) is 1.78. The van der Waals surface area contributed by atoms with E-state index in [4.69, 9.17) is 11.6 Å². The first-order valence-electron chi connectivity index (χ1n) is 9.29. The van der Waals surface area contributed by atoms with Crippen molar-refractivity contribution < 1.29 is 0 Å². The van der Waals surface area contributed by atoms with Crippen LogP contribution >= 0.6 is 34.7 Å². The van der Waals surface area contributed by atoms with Crippen molar-refractivity contribution in [2.24, 2.45) is 7.05 Å². The first kappa shape index (κ1) is 19.9. The van der Waals surface area contributed by atoms with Gasteiger partial charge >= 0.3 is 0 Å². The summed E-state index contributed by atoms with van der Waals surface area (Å²) < 4.78 is 1.90. The van der Waals surface area contributed by atoms with E-state index in [-0.39, 0.29) is 5.56 Å². The van der Waals surface area contributed by atoms with E-state index in [9.17, 15) is 4.79 Å². The molecule has 4 heterocycles. The molecule has 1 N–H and O–H groups in total. The number of hydrogen-bond acceptors (Lipinski definition) is 7. The molecule has 0 amide bonds. The van der Waals surface area contributed by atoms with Gasteiger partial charge in [0.15, 0.2) is 11.0 Å². The monoisotopic (exact) mass is 466 g/mol. The molecule has 5 aromatic rings. The van der Waals surface area contributed by atoms with Crippen molar-refractivity contribution in [3.8, 4) is 22.5 Å². The first-order chi connectivity index (χ1) is 15.1. The van der Waals surface area contributed by atoms with Crippen LogP contribution in [0.5, 0.6) is 0 Å². The highest BCUT2D eigenvalue weighted by Gasteiger charge is 2.16. The Labute approximate surface area is 190 Å². The summed E-state index contributed by atoms with van der Waals surface area (Å²) in [5.41, 5.74) is 2.34. The van der Waals surface area contributed by atoms with Crippen molar-refractivity contribution in [2.75, 3.05) is 0 Å². The standard InChI is InChI=1S/C21H15ClN6OS2/c1-28-18(12-5-4-8-23-9-12)26-27-21(28)31-11-16-24-19(29)17-14(10-30-20(17)25-16)13-6-2-3-7-15(13)22/h2-10H,11H2,1H3,(H,24,25,29). The molecule has 4 aromatic heterocycles. The molecule has 0 aliphatic heterocycles. The van der Waals surface area contributed by atoms with Crippen molar-refractivity contribution in [3.05, 3.63) is 75.4 Å². The average Bonchev–Trinajstić information content (AvgIpc) is 3.37. The van der Waals surface area contributed by atoms with Gasteiger partial charge in [-0.3, -0.25) is 9.78 Å². The number of rotatable bonds is 5. The third kappa shape index (κ3) is 3.76. The molecule has 0 fully saturated rings. The van der Waals surface area contributed by atoms with Crippen LogP contribution in [0.2, 0.25) is 5.02 Å². The van der Waals surface area contributed by atoms with E-state index in [1.807, 2.05) is 53.4 Å². The van der Waals surface area contributed by atoms with Crippen LogP contribution < -0.4 is 5.56 Å². The number of thioether (sulfide) groups is 1. The predicted octanol–water partition coefficient (Wildman–Crippen LogP) is 4.79. The molecular weight excluding hydrogens is 452 g/mol. The minimum atomic E-state index is -0.175. The molecule has 1 aromatic carbocycles. The highest BCUT2D eigenvalue weighted by molar-refractivity contribution is 7.98. The molecule has 0 aliphatic carbocycles. The van der Waals surface area contributed by atoms with Gasteiger partial charge in [-0.2, -0.15) is 0 Å². The maximum Gasteiger partial charge on any atom is 0.260 e. The Balaban J connectivity index is 1.42. The van der Waals surface area contributed by atoms with E-state index in [1.54, 1.807) is 12.4 Å². The Hall–Kier alpha value is -3.01. The Kier molecular flexibility index (Phi) is 5.31. The van der Waals surface area contributed by atoms with Crippen LogP contribution in [-0.2, 0) is 12.8 Å². The van der Waals surface area contributed by atoms with E-state index in [2.05, 4.69) is 25.1 Å². The van der Waals surface area contributed by atoms with Crippen LogP contribution in [0.25, 0.3) is 32.7 Å². The van der Waals surface area contributed by atoms with Gasteiger partial charge in [-0.15, -0.1) is 21.5 Å². The number of aromatic amines is 1. The number of hydrogen-bond donors (Lipinski definition) is 1. The number of nitrogens with zero attached hydrogens (tertiary/aromatic N) is 5. The van der Waals surface area contributed by atoms with Gasteiger partial charge < -0.3 is 9.55 Å². The fourth-order valence-corrected chi connectivity index (χ4v) is 5.24. The largest absolute Gasteiger partial charge is 0.309 e. The number of thiophene rings is 1. The van der Waals surface area contributed by atoms with E-state index in [1.165, 1.54) is 23.1 Å². The molecule has 0 unspecified atom stereocenters. The Morgan fingerprint density at radius 3 is 2.84 bits per heavy atom. The van der Waals surface area contributed by atoms with Crippen LogP contribution in [-0.4, -0.2) is 29.7 Å². The zero-order valence-corrected chi connectivity index (χ0v) is 18.6. The van der Waals surface area contributed by atoms with Crippen molar-refractivity contribution >= 4 is 44.9 Å². The predicted molar refractivity (Wildman–Crippen MR) is 124 cm³/mol. The molecular formula is C21H15ClN6OS2. The second-order valence-electron chi connectivity index (χ2n) is 6.72. The molecule has 10 heteroatoms. The molecule has 0 atom stereocenters. The molecule has 0 spiro atoms. The highest BCUT2D eigenvalue weighted by Crippen LogP contribution is 2.35. The Morgan fingerprint density at radius 2 is 2.03 bits per heavy atom. The van der Waals surface area contributed by atoms with Crippen molar-refractivity contribution in [2.45, 2.75) is 10.9 Å². The van der Waals surface area contributed by atoms with Gasteiger partial charge in [0.25, 0.3) is 5.56 Å². The molecule has 7 nitrogen and oxygen atoms in total. The number of aromatic nitrogens is 6. The van der Waals surface area contributed by atoms with Gasteiger partial charge in [0.1, 0.15) is 10.7 Å². The third-order valence-electron chi connectivity index (χ3n) is 4.75. The lowest BCUT2D eigenvalue weighted by Gasteiger charge is -2.05. The second kappa shape index (κ2) is 8.26. The van der Waals surface area contributed by atoms with Gasteiger partial charge in [0, 0.05) is 46.5 Å². The van der Waals surface area contributed by atoms with Crippen molar-refractivity contribution in [3.63, 3.8) is 0 Å². The summed E-state index contributed by atoms with van der Waals surface area (Å²) in [6.07, 6.45) is 3.47. The lowest BCUT2D eigenvalue weighted by molar-refractivity contribution is 0.792. The molecule has 0 bridgehead atoms. The van der Waals surface area contributed by atoms with Crippen LogP contribution in [0, 0.1) is 0 Å². The van der Waals surface area contributed by atoms with Crippen LogP contribution in [0.1, 0.15) is 5.82 Å². The van der Waals surface area contributed by atoms with Crippen LogP contribution in [0.3, 0.4) is 0 Å². The SMILES string of the molecule is Cn1c(SCc2nc3scc(-c4ccccc4Cl)c3c(=O)[nH]2)nnc1-c1cccnc1. The summed E-state index contributed by atoms with van der Waals surface area (Å²) in [4.78, 5) is 25.2. The topological polar surface area (TPSA) is 89.4 Å². The quantitative estimate of drug-likeness (QED) is 0.375. The summed E-state index contributed by atoms with van der Waals surface area (Å²) in [7, 11) is 1.90. The van der Waals surface area contributed by atoms with Gasteiger partial charge in [0.2, 0.25) is 0 Å². The van der Waals surface area contributed by atoms with Crippen molar-refractivity contribution in [1.82, 2.24) is 29.7 Å². The van der Waals surface area contributed by atoms with Crippen LogP contribution in [0.15, 0.2) is 64.1 Å². The molecule has 31 heavy (non-hydrogen) atoms. The summed E-state index contributed by atoms with van der Waals surface area (Å²) in [6, 6.07) is 11.3. The fraction of sp³-hybridized carbons (Fsp3) is 0.0952. The van der Waals surface area contributed by atoms with E-state index >= 15 is 0 Å². The number of H-pyrrole nitrogens is 1. The zero-order chi connectivity index (χ0) is 21.4. The first-order valence-corrected chi connectivity index (χ1v) is 11.5. The summed E-state index contributed by atoms with van der Waals surface area (Å²) >= 11 is 9.22. The Morgan fingerprint density at radius 1 is 1.16 bits per heavy atom. The van der Waals surface area contributed by atoms with Gasteiger partial charge in [0.05, 0.1) is 11.1 Å². The zero-order valence-electron chi connectivity index (χ0n) is 16.2. The van der Waals surface area contributed by atoms with E-state index in [0.717, 1.165) is 27.7 Å². The molecule has 0 radical (unpaired) electrons. The minimum Gasteiger partial charge on any atom is -0.309 e. The second-order valence-corrected chi connectivity index (χ2v) is 8.93. The third-order valence-corrected chi connectivity index (χ3v) is 6.98. The molecule has 0 saturated carbocycles. The van der Waals surface area contributed by atoms with E-state index < -0.39 is 0 Å². The molecule has 0 saturated heterocycles. The highest BCUT2D eigenvalue weighted by atomic mass is 35.5. The van der Waals surface area contributed by atoms with Crippen molar-refractivity contribution in [1.29, 1.82) is 0 Å². The molecule has 0 aliphatic rings.